The van der Waals surface area contributed by atoms with Crippen molar-refractivity contribution in [2.45, 2.75) is 6.92 Å². The summed E-state index contributed by atoms with van der Waals surface area (Å²) in [7, 11) is 0. The van der Waals surface area contributed by atoms with Gasteiger partial charge in [0.15, 0.2) is 0 Å². The summed E-state index contributed by atoms with van der Waals surface area (Å²) in [5, 5.41) is 2.16. The molecule has 0 spiro atoms. The summed E-state index contributed by atoms with van der Waals surface area (Å²) in [5.41, 5.74) is 9.15. The van der Waals surface area contributed by atoms with Crippen molar-refractivity contribution in [3.63, 3.8) is 0 Å². The van der Waals surface area contributed by atoms with E-state index in [1.807, 2.05) is 49.4 Å². The number of rotatable bonds is 2. The predicted molar refractivity (Wildman–Crippen MR) is 98.4 cm³/mol. The second-order valence-corrected chi connectivity index (χ2v) is 6.14. The van der Waals surface area contributed by atoms with Crippen LogP contribution in [0.15, 0.2) is 59.4 Å². The fourth-order valence-corrected chi connectivity index (χ4v) is 3.24. The maximum absolute atomic E-state index is 12.6. The fourth-order valence-electron chi connectivity index (χ4n) is 3.24. The molecule has 0 saturated heterocycles. The lowest BCUT2D eigenvalue weighted by atomic mass is 10.0. The number of imide groups is 1. The van der Waals surface area contributed by atoms with Crippen molar-refractivity contribution < 1.29 is 9.59 Å². The van der Waals surface area contributed by atoms with Crippen LogP contribution < -0.4 is 16.6 Å². The molecule has 0 fully saturated rings. The summed E-state index contributed by atoms with van der Waals surface area (Å²) in [6.07, 6.45) is 0. The van der Waals surface area contributed by atoms with E-state index in [0.717, 1.165) is 22.8 Å². The summed E-state index contributed by atoms with van der Waals surface area (Å²) in [4.78, 5) is 36.3. The topological polar surface area (TPSA) is 94.2 Å². The van der Waals surface area contributed by atoms with Crippen LogP contribution in [0.2, 0.25) is 0 Å². The first-order chi connectivity index (χ1) is 12.5. The van der Waals surface area contributed by atoms with Gasteiger partial charge in [-0.1, -0.05) is 36.4 Å². The lowest BCUT2D eigenvalue weighted by molar-refractivity contribution is 0.0880. The number of aromatic nitrogens is 1. The number of hydrogen-bond donors (Lipinski definition) is 2. The Kier molecular flexibility index (Phi) is 3.47. The monoisotopic (exact) mass is 345 g/mol. The first-order valence-electron chi connectivity index (χ1n) is 8.05. The van der Waals surface area contributed by atoms with E-state index in [9.17, 15) is 14.4 Å². The number of aryl methyl sites for hydroxylation is 1. The number of nitrogens with zero attached hydrogens (tertiary/aromatic N) is 1. The van der Waals surface area contributed by atoms with Crippen LogP contribution in [0, 0.1) is 6.92 Å². The van der Waals surface area contributed by atoms with E-state index in [0.29, 0.717) is 5.69 Å². The van der Waals surface area contributed by atoms with Crippen LogP contribution in [-0.4, -0.2) is 16.4 Å². The third-order valence-electron chi connectivity index (χ3n) is 4.50. The van der Waals surface area contributed by atoms with Crippen LogP contribution in [0.5, 0.6) is 0 Å². The van der Waals surface area contributed by atoms with E-state index in [4.69, 9.17) is 5.73 Å². The van der Waals surface area contributed by atoms with E-state index in [1.54, 1.807) is 6.07 Å². The molecule has 1 aromatic heterocycles. The van der Waals surface area contributed by atoms with Gasteiger partial charge in [-0.25, -0.2) is 0 Å². The molecule has 3 aromatic rings. The number of anilines is 1. The molecule has 2 heterocycles. The highest BCUT2D eigenvalue weighted by atomic mass is 16.2. The van der Waals surface area contributed by atoms with Gasteiger partial charge in [0.1, 0.15) is 5.82 Å². The smallest absolute Gasteiger partial charge is 0.262 e. The number of pyridine rings is 1. The number of nitrogens with one attached hydrogen (secondary N) is 1. The molecule has 2 amide bonds. The zero-order valence-electron chi connectivity index (χ0n) is 13.9. The van der Waals surface area contributed by atoms with Gasteiger partial charge in [-0.2, -0.15) is 0 Å². The second kappa shape index (κ2) is 5.70. The molecule has 1 aliphatic rings. The Morgan fingerprint density at radius 2 is 1.62 bits per heavy atom. The highest BCUT2D eigenvalue weighted by molar-refractivity contribution is 6.23. The van der Waals surface area contributed by atoms with Crippen molar-refractivity contribution in [3.8, 4) is 16.8 Å². The normalized spacial score (nSPS) is 12.8. The molecule has 128 valence electrons. The zero-order chi connectivity index (χ0) is 18.4. The molecule has 0 saturated carbocycles. The van der Waals surface area contributed by atoms with Gasteiger partial charge in [-0.15, -0.1) is 0 Å². The Morgan fingerprint density at radius 3 is 2.31 bits per heavy atom. The number of fused-ring (bicyclic) bond motifs is 1. The minimum Gasteiger partial charge on any atom is -0.384 e. The molecule has 2 aromatic carbocycles. The van der Waals surface area contributed by atoms with Crippen LogP contribution >= 0.6 is 0 Å². The van der Waals surface area contributed by atoms with E-state index >= 15 is 0 Å². The number of benzene rings is 2. The lowest BCUT2D eigenvalue weighted by Crippen LogP contribution is -2.24. The summed E-state index contributed by atoms with van der Waals surface area (Å²) < 4.78 is 1.26. The van der Waals surface area contributed by atoms with Crippen LogP contribution in [0.3, 0.4) is 0 Å². The molecular formula is C20H15N3O3. The summed E-state index contributed by atoms with van der Waals surface area (Å²) >= 11 is 0. The van der Waals surface area contributed by atoms with E-state index < -0.39 is 17.4 Å². The predicted octanol–water partition coefficient (Wildman–Crippen LogP) is 2.28. The van der Waals surface area contributed by atoms with Gasteiger partial charge in [0.2, 0.25) is 0 Å². The van der Waals surface area contributed by atoms with Gasteiger partial charge in [0.25, 0.3) is 17.4 Å². The Morgan fingerprint density at radius 1 is 0.885 bits per heavy atom. The number of nitrogens with two attached hydrogens (primary N) is 1. The third kappa shape index (κ3) is 2.31. The maximum atomic E-state index is 12.6. The average Bonchev–Trinajstić information content (AvgIpc) is 2.91. The van der Waals surface area contributed by atoms with Crippen molar-refractivity contribution in [2.24, 2.45) is 0 Å². The Balaban J connectivity index is 1.90. The van der Waals surface area contributed by atoms with Crippen molar-refractivity contribution in [3.05, 3.63) is 81.6 Å². The van der Waals surface area contributed by atoms with Crippen LogP contribution in [-0.2, 0) is 0 Å². The Bertz CT molecular complexity index is 1130. The molecule has 0 bridgehead atoms. The molecule has 6 nitrogen and oxygen atoms in total. The van der Waals surface area contributed by atoms with Crippen LogP contribution in [0.4, 0.5) is 5.82 Å². The highest BCUT2D eigenvalue weighted by Crippen LogP contribution is 2.27. The van der Waals surface area contributed by atoms with Crippen LogP contribution in [0.1, 0.15) is 26.3 Å². The van der Waals surface area contributed by atoms with Gasteiger partial charge in [0, 0.05) is 6.07 Å². The minimum atomic E-state index is -0.600. The van der Waals surface area contributed by atoms with Crippen molar-refractivity contribution >= 4 is 17.6 Å². The molecule has 0 aliphatic carbocycles. The van der Waals surface area contributed by atoms with Crippen LogP contribution in [0.25, 0.3) is 16.8 Å². The molecule has 1 aliphatic heterocycles. The first-order valence-corrected chi connectivity index (χ1v) is 8.05. The molecule has 6 heteroatoms. The molecule has 4 rings (SSSR count). The molecule has 0 unspecified atom stereocenters. The average molecular weight is 345 g/mol. The van der Waals surface area contributed by atoms with Gasteiger partial charge < -0.3 is 5.73 Å². The summed E-state index contributed by atoms with van der Waals surface area (Å²) in [6.45, 7) is 1.87. The summed E-state index contributed by atoms with van der Waals surface area (Å²) in [6, 6.07) is 16.6. The number of hydrogen-bond acceptors (Lipinski definition) is 4. The maximum Gasteiger partial charge on any atom is 0.262 e. The van der Waals surface area contributed by atoms with Gasteiger partial charge in [-0.05, 0) is 35.7 Å². The Hall–Kier alpha value is -3.67. The number of nitrogen functional groups attached to an aromatic ring is 1. The fraction of sp³-hybridized carbons (Fsp3) is 0.0500. The highest BCUT2D eigenvalue weighted by Gasteiger charge is 2.32. The number of carbonyl (C=O) groups excluding carboxylic acids is 2. The molecular weight excluding hydrogens is 330 g/mol. The lowest BCUT2D eigenvalue weighted by Gasteiger charge is -2.15. The van der Waals surface area contributed by atoms with E-state index in [1.165, 1.54) is 4.57 Å². The van der Waals surface area contributed by atoms with E-state index in [2.05, 4.69) is 5.32 Å². The minimum absolute atomic E-state index is 0.0207. The second-order valence-electron chi connectivity index (χ2n) is 6.14. The first kappa shape index (κ1) is 15.8. The van der Waals surface area contributed by atoms with Crippen molar-refractivity contribution in [1.29, 1.82) is 0 Å². The van der Waals surface area contributed by atoms with Gasteiger partial charge in [0.05, 0.1) is 16.8 Å². The van der Waals surface area contributed by atoms with E-state index in [-0.39, 0.29) is 16.9 Å². The standard InChI is InChI=1S/C20H15N3O3/c1-11-9-13(12-5-3-2-4-6-12)7-8-15(11)23-16(24)10-14-17(18(23)21)20(26)22-19(14)25/h2-10H,21H2,1H3,(H,22,25,26). The quantitative estimate of drug-likeness (QED) is 0.697. The van der Waals surface area contributed by atoms with Crippen molar-refractivity contribution in [2.75, 3.05) is 5.73 Å². The molecule has 3 N–H and O–H groups in total. The molecule has 26 heavy (non-hydrogen) atoms. The van der Waals surface area contributed by atoms with Gasteiger partial charge >= 0.3 is 0 Å². The largest absolute Gasteiger partial charge is 0.384 e. The molecule has 0 radical (unpaired) electrons. The third-order valence-corrected chi connectivity index (χ3v) is 4.50. The summed E-state index contributed by atoms with van der Waals surface area (Å²) in [5.74, 6) is -1.22. The number of carbonyl (C=O) groups is 2. The molecule has 0 atom stereocenters. The zero-order valence-corrected chi connectivity index (χ0v) is 13.9. The Labute approximate surface area is 148 Å². The number of amides is 2. The van der Waals surface area contributed by atoms with Gasteiger partial charge in [-0.3, -0.25) is 24.3 Å². The SMILES string of the molecule is Cc1cc(-c2ccccc2)ccc1-n1c(N)c2c(cc1=O)C(=O)NC2=O. The van der Waals surface area contributed by atoms with Crippen molar-refractivity contribution in [1.82, 2.24) is 9.88 Å².